The first-order chi connectivity index (χ1) is 11.8. The van der Waals surface area contributed by atoms with Gasteiger partial charge in [0.2, 0.25) is 0 Å². The molecule has 3 aromatic rings. The van der Waals surface area contributed by atoms with Gasteiger partial charge in [-0.15, -0.1) is 11.3 Å². The Hall–Kier alpha value is -2.40. The molecule has 1 aliphatic carbocycles. The van der Waals surface area contributed by atoms with Crippen molar-refractivity contribution in [2.45, 2.75) is 25.7 Å². The van der Waals surface area contributed by atoms with Crippen molar-refractivity contribution in [3.63, 3.8) is 0 Å². The molecule has 0 aliphatic heterocycles. The quantitative estimate of drug-likeness (QED) is 0.776. The van der Waals surface area contributed by atoms with Crippen LogP contribution in [0.25, 0.3) is 10.8 Å². The molecule has 122 valence electrons. The van der Waals surface area contributed by atoms with Crippen LogP contribution in [0.2, 0.25) is 0 Å². The number of nitrogens with one attached hydrogen (secondary N) is 1. The Morgan fingerprint density at radius 2 is 1.96 bits per heavy atom. The lowest BCUT2D eigenvalue weighted by Crippen LogP contribution is -2.20. The van der Waals surface area contributed by atoms with Gasteiger partial charge in [0.15, 0.2) is 11.7 Å². The molecule has 1 amide bonds. The number of anilines is 1. The lowest BCUT2D eigenvalue weighted by molar-refractivity contribution is -0.118. The van der Waals surface area contributed by atoms with Crippen LogP contribution in [0, 0.1) is 0 Å². The SMILES string of the molecule is O=C(COc1ccc2ccccc2c1)Nc1nc2c(s1)CCCC2. The smallest absolute Gasteiger partial charge is 0.264 e. The molecule has 1 N–H and O–H groups in total. The molecule has 0 bridgehead atoms. The number of thiazole rings is 1. The summed E-state index contributed by atoms with van der Waals surface area (Å²) in [7, 11) is 0. The van der Waals surface area contributed by atoms with E-state index in [0.29, 0.717) is 10.9 Å². The first-order valence-electron chi connectivity index (χ1n) is 8.18. The van der Waals surface area contributed by atoms with E-state index >= 15 is 0 Å². The molecule has 2 aromatic carbocycles. The number of carbonyl (C=O) groups excluding carboxylic acids is 1. The van der Waals surface area contributed by atoms with E-state index < -0.39 is 0 Å². The Labute approximate surface area is 144 Å². The van der Waals surface area contributed by atoms with Gasteiger partial charge in [0, 0.05) is 4.88 Å². The number of ether oxygens (including phenoxy) is 1. The predicted molar refractivity (Wildman–Crippen MR) is 96.8 cm³/mol. The van der Waals surface area contributed by atoms with Crippen molar-refractivity contribution in [3.05, 3.63) is 53.0 Å². The number of benzene rings is 2. The fourth-order valence-corrected chi connectivity index (χ4v) is 4.03. The van der Waals surface area contributed by atoms with Crippen LogP contribution in [0.5, 0.6) is 5.75 Å². The molecule has 4 rings (SSSR count). The topological polar surface area (TPSA) is 51.2 Å². The third-order valence-electron chi connectivity index (χ3n) is 4.18. The summed E-state index contributed by atoms with van der Waals surface area (Å²) in [5.74, 6) is 0.525. The second kappa shape index (κ2) is 6.61. The van der Waals surface area contributed by atoms with Gasteiger partial charge in [0.05, 0.1) is 5.69 Å². The van der Waals surface area contributed by atoms with E-state index in [1.807, 2.05) is 36.4 Å². The third-order valence-corrected chi connectivity index (χ3v) is 5.26. The number of aryl methyl sites for hydroxylation is 2. The summed E-state index contributed by atoms with van der Waals surface area (Å²) >= 11 is 1.59. The molecule has 0 saturated heterocycles. The van der Waals surface area contributed by atoms with Crippen LogP contribution in [0.1, 0.15) is 23.4 Å². The van der Waals surface area contributed by atoms with Gasteiger partial charge in [-0.2, -0.15) is 0 Å². The van der Waals surface area contributed by atoms with E-state index in [9.17, 15) is 4.79 Å². The van der Waals surface area contributed by atoms with E-state index in [-0.39, 0.29) is 12.5 Å². The summed E-state index contributed by atoms with van der Waals surface area (Å²) in [6, 6.07) is 13.9. The molecule has 5 heteroatoms. The monoisotopic (exact) mass is 338 g/mol. The standard InChI is InChI=1S/C19H18N2O2S/c22-18(21-19-20-16-7-3-4-8-17(16)24-19)12-23-15-10-9-13-5-1-2-6-14(13)11-15/h1-2,5-6,9-11H,3-4,7-8,12H2,(H,20,21,22). The van der Waals surface area contributed by atoms with Crippen molar-refractivity contribution in [2.75, 3.05) is 11.9 Å². The van der Waals surface area contributed by atoms with Gasteiger partial charge in [-0.05, 0) is 48.6 Å². The Morgan fingerprint density at radius 1 is 1.12 bits per heavy atom. The number of rotatable bonds is 4. The molecule has 1 aromatic heterocycles. The largest absolute Gasteiger partial charge is 0.484 e. The number of aromatic nitrogens is 1. The Kier molecular flexibility index (Phi) is 4.17. The van der Waals surface area contributed by atoms with E-state index in [1.165, 1.54) is 17.7 Å². The molecule has 1 aliphatic rings. The van der Waals surface area contributed by atoms with E-state index in [4.69, 9.17) is 4.74 Å². The lowest BCUT2D eigenvalue weighted by Gasteiger charge is -2.07. The van der Waals surface area contributed by atoms with Crippen LogP contribution in [0.4, 0.5) is 5.13 Å². The minimum atomic E-state index is -0.172. The second-order valence-electron chi connectivity index (χ2n) is 5.94. The minimum absolute atomic E-state index is 0.0113. The van der Waals surface area contributed by atoms with E-state index in [1.54, 1.807) is 11.3 Å². The van der Waals surface area contributed by atoms with Gasteiger partial charge in [-0.3, -0.25) is 10.1 Å². The zero-order valence-electron chi connectivity index (χ0n) is 13.2. The van der Waals surface area contributed by atoms with Crippen molar-refractivity contribution >= 4 is 33.1 Å². The number of nitrogens with zero attached hydrogens (tertiary/aromatic N) is 1. The van der Waals surface area contributed by atoms with E-state index in [0.717, 1.165) is 29.3 Å². The maximum Gasteiger partial charge on any atom is 0.264 e. The molecule has 0 unspecified atom stereocenters. The summed E-state index contributed by atoms with van der Waals surface area (Å²) in [5.41, 5.74) is 1.15. The first kappa shape index (κ1) is 15.1. The molecule has 0 saturated carbocycles. The summed E-state index contributed by atoms with van der Waals surface area (Å²) < 4.78 is 5.61. The van der Waals surface area contributed by atoms with Crippen molar-refractivity contribution < 1.29 is 9.53 Å². The van der Waals surface area contributed by atoms with Gasteiger partial charge < -0.3 is 4.74 Å². The molecule has 1 heterocycles. The average molecular weight is 338 g/mol. The maximum absolute atomic E-state index is 12.1. The van der Waals surface area contributed by atoms with Crippen molar-refractivity contribution in [3.8, 4) is 5.75 Å². The fourth-order valence-electron chi connectivity index (χ4n) is 2.97. The highest BCUT2D eigenvalue weighted by Crippen LogP contribution is 2.29. The molecule has 0 fully saturated rings. The van der Waals surface area contributed by atoms with Crippen LogP contribution >= 0.6 is 11.3 Å². The number of hydrogen-bond donors (Lipinski definition) is 1. The normalized spacial score (nSPS) is 13.5. The number of hydrogen-bond acceptors (Lipinski definition) is 4. The zero-order valence-corrected chi connectivity index (χ0v) is 14.1. The van der Waals surface area contributed by atoms with Crippen LogP contribution < -0.4 is 10.1 Å². The van der Waals surface area contributed by atoms with Crippen LogP contribution in [0.15, 0.2) is 42.5 Å². The first-order valence-corrected chi connectivity index (χ1v) is 8.99. The molecule has 0 spiro atoms. The van der Waals surface area contributed by atoms with Gasteiger partial charge in [-0.25, -0.2) is 4.98 Å². The molecular formula is C19H18N2O2S. The third kappa shape index (κ3) is 3.26. The predicted octanol–water partition coefficient (Wildman–Crippen LogP) is 4.19. The Balaban J connectivity index is 1.38. The lowest BCUT2D eigenvalue weighted by atomic mass is 10.0. The summed E-state index contributed by atoms with van der Waals surface area (Å²) in [4.78, 5) is 17.9. The second-order valence-corrected chi connectivity index (χ2v) is 7.03. The molecule has 0 atom stereocenters. The minimum Gasteiger partial charge on any atom is -0.484 e. The summed E-state index contributed by atoms with van der Waals surface area (Å²) in [5, 5.41) is 5.79. The van der Waals surface area contributed by atoms with E-state index in [2.05, 4.69) is 16.4 Å². The van der Waals surface area contributed by atoms with Crippen molar-refractivity contribution in [2.24, 2.45) is 0 Å². The summed E-state index contributed by atoms with van der Waals surface area (Å²) in [6.45, 7) is -0.0113. The van der Waals surface area contributed by atoms with Gasteiger partial charge in [-0.1, -0.05) is 30.3 Å². The number of fused-ring (bicyclic) bond motifs is 2. The van der Waals surface area contributed by atoms with Gasteiger partial charge >= 0.3 is 0 Å². The maximum atomic E-state index is 12.1. The van der Waals surface area contributed by atoms with Gasteiger partial charge in [0.1, 0.15) is 5.75 Å². The highest BCUT2D eigenvalue weighted by molar-refractivity contribution is 7.15. The zero-order chi connectivity index (χ0) is 16.4. The number of amides is 1. The van der Waals surface area contributed by atoms with Crippen molar-refractivity contribution in [1.82, 2.24) is 4.98 Å². The summed E-state index contributed by atoms with van der Waals surface area (Å²) in [6.07, 6.45) is 4.51. The van der Waals surface area contributed by atoms with Crippen LogP contribution in [-0.4, -0.2) is 17.5 Å². The highest BCUT2D eigenvalue weighted by Gasteiger charge is 2.16. The number of carbonyl (C=O) groups is 1. The molecular weight excluding hydrogens is 320 g/mol. The highest BCUT2D eigenvalue weighted by atomic mass is 32.1. The van der Waals surface area contributed by atoms with Crippen LogP contribution in [0.3, 0.4) is 0 Å². The Bertz CT molecular complexity index is 864. The van der Waals surface area contributed by atoms with Crippen LogP contribution in [-0.2, 0) is 17.6 Å². The fraction of sp³-hybridized carbons (Fsp3) is 0.263. The molecule has 4 nitrogen and oxygen atoms in total. The molecule has 0 radical (unpaired) electrons. The van der Waals surface area contributed by atoms with Gasteiger partial charge in [0.25, 0.3) is 5.91 Å². The average Bonchev–Trinajstić information content (AvgIpc) is 3.02. The Morgan fingerprint density at radius 3 is 2.83 bits per heavy atom. The molecule has 24 heavy (non-hydrogen) atoms. The van der Waals surface area contributed by atoms with Crippen molar-refractivity contribution in [1.29, 1.82) is 0 Å².